The van der Waals surface area contributed by atoms with Gasteiger partial charge in [0.1, 0.15) is 20.2 Å². The van der Waals surface area contributed by atoms with Gasteiger partial charge in [-0.05, 0) is 119 Å². The van der Waals surface area contributed by atoms with E-state index >= 15 is 0 Å². The number of benzene rings is 6. The van der Waals surface area contributed by atoms with Crippen LogP contribution in [-0.2, 0) is 40.3 Å². The zero-order valence-electron chi connectivity index (χ0n) is 28.2. The van der Waals surface area contributed by atoms with E-state index in [1.54, 1.807) is 48.5 Å². The Morgan fingerprint density at radius 2 is 0.685 bits per heavy atom. The van der Waals surface area contributed by atoms with Crippen molar-refractivity contribution in [3.05, 3.63) is 121 Å². The Labute approximate surface area is 354 Å². The third-order valence-electron chi connectivity index (χ3n) is 7.55. The molecule has 0 aliphatic carbocycles. The van der Waals surface area contributed by atoms with Gasteiger partial charge in [0.25, 0.3) is 20.0 Å². The van der Waals surface area contributed by atoms with E-state index in [4.69, 9.17) is 0 Å². The fourth-order valence-electron chi connectivity index (χ4n) is 5.04. The first-order chi connectivity index (χ1) is 24.4. The zero-order valence-corrected chi connectivity index (χ0v) is 35.4. The minimum Gasteiger partial charge on any atom is -0.744 e. The van der Waals surface area contributed by atoms with E-state index in [9.17, 15) is 47.6 Å². The summed E-state index contributed by atoms with van der Waals surface area (Å²) in [6, 6.07) is 26.2. The van der Waals surface area contributed by atoms with Crippen LogP contribution >= 0.6 is 0 Å². The van der Waals surface area contributed by atoms with E-state index in [-0.39, 0.29) is 80.3 Å². The quantitative estimate of drug-likeness (QED) is 0.0969. The second-order valence-electron chi connectivity index (χ2n) is 11.2. The van der Waals surface area contributed by atoms with Gasteiger partial charge in [-0.3, -0.25) is 9.44 Å². The predicted octanol–water partition coefficient (Wildman–Crippen LogP) is -0.945. The number of carbonyl (C=O) groups is 1. The molecule has 0 aliphatic rings. The average Bonchev–Trinajstić information content (AvgIpc) is 3.07. The molecular formula is C33H24N4Na2O11S4. The molecule has 268 valence electrons. The third kappa shape index (κ3) is 10.4. The van der Waals surface area contributed by atoms with E-state index in [1.807, 2.05) is 0 Å². The molecule has 21 heteroatoms. The molecule has 0 fully saturated rings. The number of anilines is 4. The van der Waals surface area contributed by atoms with Crippen molar-refractivity contribution in [3.63, 3.8) is 0 Å². The predicted molar refractivity (Wildman–Crippen MR) is 191 cm³/mol. The van der Waals surface area contributed by atoms with Crippen LogP contribution in [0.15, 0.2) is 141 Å². The maximum absolute atomic E-state index is 13.0. The molecule has 54 heavy (non-hydrogen) atoms. The van der Waals surface area contributed by atoms with E-state index in [1.165, 1.54) is 24.3 Å². The number of hydrogen-bond acceptors (Lipinski definition) is 11. The molecule has 0 saturated carbocycles. The van der Waals surface area contributed by atoms with Crippen LogP contribution in [0, 0.1) is 0 Å². The Balaban J connectivity index is 0.00000325. The van der Waals surface area contributed by atoms with Crippen molar-refractivity contribution in [2.45, 2.75) is 19.6 Å². The van der Waals surface area contributed by atoms with Crippen LogP contribution in [0.3, 0.4) is 0 Å². The third-order valence-corrected chi connectivity index (χ3v) is 12.0. The summed E-state index contributed by atoms with van der Waals surface area (Å²) in [5.41, 5.74) is 0.714. The normalized spacial score (nSPS) is 11.9. The summed E-state index contributed by atoms with van der Waals surface area (Å²) in [5, 5.41) is 7.60. The molecule has 6 aromatic rings. The summed E-state index contributed by atoms with van der Waals surface area (Å²) in [6.07, 6.45) is 0. The Morgan fingerprint density at radius 1 is 0.389 bits per heavy atom. The molecular weight excluding hydrogens is 803 g/mol. The summed E-state index contributed by atoms with van der Waals surface area (Å²) in [4.78, 5) is 11.7. The van der Waals surface area contributed by atoms with Crippen LogP contribution in [0.25, 0.3) is 21.5 Å². The number of sulfonamides is 2. The molecule has 0 aliphatic heterocycles. The van der Waals surface area contributed by atoms with E-state index in [0.29, 0.717) is 32.9 Å². The molecule has 2 amide bonds. The first-order valence-electron chi connectivity index (χ1n) is 14.7. The van der Waals surface area contributed by atoms with Gasteiger partial charge in [-0.2, -0.15) is 0 Å². The van der Waals surface area contributed by atoms with Crippen molar-refractivity contribution < 1.29 is 107 Å². The minimum absolute atomic E-state index is 0. The Hall–Kier alpha value is -3.57. The van der Waals surface area contributed by atoms with Gasteiger partial charge in [0.05, 0.1) is 19.6 Å². The molecule has 0 atom stereocenters. The van der Waals surface area contributed by atoms with Gasteiger partial charge in [-0.1, -0.05) is 24.3 Å². The molecule has 6 aromatic carbocycles. The average molecular weight is 827 g/mol. The van der Waals surface area contributed by atoms with Crippen LogP contribution in [0.2, 0.25) is 0 Å². The van der Waals surface area contributed by atoms with Crippen LogP contribution in [-0.4, -0.2) is 48.8 Å². The van der Waals surface area contributed by atoms with Crippen molar-refractivity contribution in [3.8, 4) is 0 Å². The zero-order chi connectivity index (χ0) is 37.5. The number of hydrogen-bond donors (Lipinski definition) is 4. The number of nitrogens with one attached hydrogen (secondary N) is 4. The molecule has 0 spiro atoms. The summed E-state index contributed by atoms with van der Waals surface area (Å²) in [5.74, 6) is 0. The maximum Gasteiger partial charge on any atom is 1.00 e. The van der Waals surface area contributed by atoms with E-state index in [0.717, 1.165) is 48.5 Å². The molecule has 0 radical (unpaired) electrons. The number of carbonyl (C=O) groups excluding carboxylic acids is 1. The second-order valence-corrected chi connectivity index (χ2v) is 17.3. The first kappa shape index (κ1) is 43.2. The van der Waals surface area contributed by atoms with Crippen molar-refractivity contribution in [1.29, 1.82) is 0 Å². The fourth-order valence-corrected chi connectivity index (χ4v) is 8.17. The van der Waals surface area contributed by atoms with Gasteiger partial charge in [0.15, 0.2) is 0 Å². The van der Waals surface area contributed by atoms with Crippen molar-refractivity contribution in [2.24, 2.45) is 0 Å². The van der Waals surface area contributed by atoms with Crippen molar-refractivity contribution >= 4 is 90.6 Å². The van der Waals surface area contributed by atoms with Gasteiger partial charge < -0.3 is 19.7 Å². The molecule has 0 saturated heterocycles. The van der Waals surface area contributed by atoms with Gasteiger partial charge in [-0.25, -0.2) is 38.5 Å². The Kier molecular flexibility index (Phi) is 13.3. The van der Waals surface area contributed by atoms with Crippen LogP contribution in [0.1, 0.15) is 0 Å². The summed E-state index contributed by atoms with van der Waals surface area (Å²) in [6.45, 7) is 0. The van der Waals surface area contributed by atoms with Crippen LogP contribution in [0.4, 0.5) is 27.5 Å². The number of amides is 2. The molecule has 0 bridgehead atoms. The number of rotatable bonds is 10. The topological polar surface area (TPSA) is 248 Å². The molecule has 15 nitrogen and oxygen atoms in total. The summed E-state index contributed by atoms with van der Waals surface area (Å²) >= 11 is 0. The molecule has 0 heterocycles. The van der Waals surface area contributed by atoms with Gasteiger partial charge in [0, 0.05) is 22.7 Å². The minimum atomic E-state index is -4.70. The van der Waals surface area contributed by atoms with E-state index in [2.05, 4.69) is 20.1 Å². The largest absolute Gasteiger partial charge is 1.00 e. The summed E-state index contributed by atoms with van der Waals surface area (Å²) < 4.78 is 124. The monoisotopic (exact) mass is 826 g/mol. The van der Waals surface area contributed by atoms with Gasteiger partial charge in [0.2, 0.25) is 0 Å². The molecule has 0 aromatic heterocycles. The standard InChI is InChI=1S/C33H26N4O11S4.2Na/c38-33(34-27-5-1-21-3-11-31(19-23(21)17-27)49(39,40)36-25-7-13-29(14-8-25)51(43,44)45)35-28-6-2-22-4-12-32(20-24(22)18-28)50(41,42)37-26-9-15-30(16-10-26)52(46,47)48;;/h1-20,36-37H,(H2,34,35,38)(H,43,44,45)(H,46,47,48);;/q;2*+1/p-2. The van der Waals surface area contributed by atoms with Crippen LogP contribution < -0.4 is 79.2 Å². The van der Waals surface area contributed by atoms with Gasteiger partial charge >= 0.3 is 65.1 Å². The number of urea groups is 1. The van der Waals surface area contributed by atoms with Gasteiger partial charge in [-0.15, -0.1) is 0 Å². The van der Waals surface area contributed by atoms with E-state index < -0.39 is 56.1 Å². The maximum atomic E-state index is 13.0. The Bertz CT molecular complexity index is 2650. The summed E-state index contributed by atoms with van der Waals surface area (Å²) in [7, 11) is -17.7. The molecule has 0 unspecified atom stereocenters. The second kappa shape index (κ2) is 16.7. The first-order valence-corrected chi connectivity index (χ1v) is 20.5. The molecule has 6 rings (SSSR count). The SMILES string of the molecule is O=C(Nc1ccc2ccc(S(=O)(=O)Nc3ccc(S(=O)(=O)[O-])cc3)cc2c1)Nc1ccc2ccc(S(=O)(=O)Nc3ccc(S(=O)(=O)[O-])cc3)cc2c1.[Na+].[Na+]. The smallest absolute Gasteiger partial charge is 0.744 e. The number of fused-ring (bicyclic) bond motifs is 2. The molecule has 4 N–H and O–H groups in total. The Morgan fingerprint density at radius 3 is 1.02 bits per heavy atom. The van der Waals surface area contributed by atoms with Crippen molar-refractivity contribution in [2.75, 3.05) is 20.1 Å². The van der Waals surface area contributed by atoms with Crippen molar-refractivity contribution in [1.82, 2.24) is 0 Å². The van der Waals surface area contributed by atoms with Crippen LogP contribution in [0.5, 0.6) is 0 Å². The fraction of sp³-hybridized carbons (Fsp3) is 0.